The molecule has 1 fully saturated rings. The van der Waals surface area contributed by atoms with Crippen LogP contribution < -0.4 is 0 Å². The van der Waals surface area contributed by atoms with Gasteiger partial charge in [-0.1, -0.05) is 26.7 Å². The van der Waals surface area contributed by atoms with Crippen LogP contribution in [0.25, 0.3) is 0 Å². The van der Waals surface area contributed by atoms with Crippen molar-refractivity contribution in [3.05, 3.63) is 0 Å². The number of rotatable bonds is 2. The Morgan fingerprint density at radius 3 is 2.64 bits per heavy atom. The van der Waals surface area contributed by atoms with Gasteiger partial charge >= 0.3 is 0 Å². The van der Waals surface area contributed by atoms with Crippen LogP contribution >= 0.6 is 0 Å². The van der Waals surface area contributed by atoms with Crippen molar-refractivity contribution in [1.82, 2.24) is 0 Å². The Hall–Kier alpha value is -0.0400. The van der Waals surface area contributed by atoms with Crippen LogP contribution in [0.4, 0.5) is 0 Å². The predicted molar refractivity (Wildman–Crippen MR) is 47.4 cm³/mol. The fourth-order valence-electron chi connectivity index (χ4n) is 2.12. The van der Waals surface area contributed by atoms with E-state index in [0.717, 1.165) is 12.3 Å². The molecule has 1 rings (SSSR count). The highest BCUT2D eigenvalue weighted by molar-refractivity contribution is 4.77. The molecule has 1 aliphatic rings. The number of aliphatic hydroxyl groups excluding tert-OH is 1. The van der Waals surface area contributed by atoms with Crippen molar-refractivity contribution in [2.75, 3.05) is 0 Å². The Bertz CT molecular complexity index is 111. The predicted octanol–water partition coefficient (Wildman–Crippen LogP) is 2.58. The summed E-state index contributed by atoms with van der Waals surface area (Å²) < 4.78 is 0. The van der Waals surface area contributed by atoms with Crippen molar-refractivity contribution in [3.63, 3.8) is 0 Å². The molecule has 0 aromatic heterocycles. The number of aliphatic hydroxyl groups is 1. The van der Waals surface area contributed by atoms with E-state index in [-0.39, 0.29) is 6.10 Å². The highest BCUT2D eigenvalue weighted by atomic mass is 16.3. The molecule has 1 aliphatic carbocycles. The van der Waals surface area contributed by atoms with Crippen molar-refractivity contribution >= 4 is 0 Å². The SMILES string of the molecule is CCC[C@@H]1CC[C@@H](C)C[C@@H]1O. The van der Waals surface area contributed by atoms with Gasteiger partial charge in [0.15, 0.2) is 0 Å². The summed E-state index contributed by atoms with van der Waals surface area (Å²) in [7, 11) is 0. The van der Waals surface area contributed by atoms with Gasteiger partial charge in [0, 0.05) is 0 Å². The Balaban J connectivity index is 2.31. The normalized spacial score (nSPS) is 39.0. The number of hydrogen-bond acceptors (Lipinski definition) is 1. The zero-order valence-electron chi connectivity index (χ0n) is 7.71. The van der Waals surface area contributed by atoms with Crippen LogP contribution in [0.15, 0.2) is 0 Å². The van der Waals surface area contributed by atoms with E-state index in [4.69, 9.17) is 0 Å². The Labute approximate surface area is 69.8 Å². The zero-order chi connectivity index (χ0) is 8.27. The first-order valence-electron chi connectivity index (χ1n) is 4.92. The molecular weight excluding hydrogens is 136 g/mol. The molecule has 0 unspecified atom stereocenters. The third-order valence-electron chi connectivity index (χ3n) is 2.88. The van der Waals surface area contributed by atoms with E-state index in [0.29, 0.717) is 5.92 Å². The molecule has 0 heterocycles. The molecule has 0 aromatic rings. The Morgan fingerprint density at radius 1 is 1.36 bits per heavy atom. The second-order valence-electron chi connectivity index (χ2n) is 4.03. The van der Waals surface area contributed by atoms with E-state index >= 15 is 0 Å². The Kier molecular flexibility index (Phi) is 3.38. The first kappa shape index (κ1) is 9.05. The minimum Gasteiger partial charge on any atom is -0.393 e. The van der Waals surface area contributed by atoms with Crippen LogP contribution in [0.5, 0.6) is 0 Å². The molecule has 66 valence electrons. The molecule has 1 N–H and O–H groups in total. The van der Waals surface area contributed by atoms with E-state index < -0.39 is 0 Å². The van der Waals surface area contributed by atoms with Crippen LogP contribution in [0, 0.1) is 11.8 Å². The largest absolute Gasteiger partial charge is 0.393 e. The van der Waals surface area contributed by atoms with Crippen LogP contribution in [-0.4, -0.2) is 11.2 Å². The molecular formula is C10H20O. The molecule has 0 spiro atoms. The van der Waals surface area contributed by atoms with Crippen molar-refractivity contribution in [3.8, 4) is 0 Å². The topological polar surface area (TPSA) is 20.2 Å². The summed E-state index contributed by atoms with van der Waals surface area (Å²) in [6, 6.07) is 0. The Morgan fingerprint density at radius 2 is 2.09 bits per heavy atom. The highest BCUT2D eigenvalue weighted by Crippen LogP contribution is 2.31. The van der Waals surface area contributed by atoms with E-state index in [9.17, 15) is 5.11 Å². The second-order valence-corrected chi connectivity index (χ2v) is 4.03. The van der Waals surface area contributed by atoms with Gasteiger partial charge in [-0.15, -0.1) is 0 Å². The second kappa shape index (κ2) is 4.10. The average Bonchev–Trinajstić information content (AvgIpc) is 1.95. The minimum atomic E-state index is -0.00120. The number of hydrogen-bond donors (Lipinski definition) is 1. The molecule has 1 heteroatoms. The maximum atomic E-state index is 9.67. The summed E-state index contributed by atoms with van der Waals surface area (Å²) in [5, 5.41) is 9.67. The maximum Gasteiger partial charge on any atom is 0.0570 e. The lowest BCUT2D eigenvalue weighted by Gasteiger charge is -2.31. The third-order valence-corrected chi connectivity index (χ3v) is 2.88. The summed E-state index contributed by atoms with van der Waals surface area (Å²) in [5.74, 6) is 1.36. The summed E-state index contributed by atoms with van der Waals surface area (Å²) in [6.45, 7) is 4.44. The van der Waals surface area contributed by atoms with Crippen LogP contribution in [0.2, 0.25) is 0 Å². The van der Waals surface area contributed by atoms with Gasteiger partial charge < -0.3 is 5.11 Å². The lowest BCUT2D eigenvalue weighted by Crippen LogP contribution is -2.28. The van der Waals surface area contributed by atoms with Gasteiger partial charge in [-0.25, -0.2) is 0 Å². The van der Waals surface area contributed by atoms with E-state index in [1.165, 1.54) is 25.7 Å². The summed E-state index contributed by atoms with van der Waals surface area (Å²) in [4.78, 5) is 0. The molecule has 0 bridgehead atoms. The van der Waals surface area contributed by atoms with Crippen molar-refractivity contribution < 1.29 is 5.11 Å². The molecule has 1 nitrogen and oxygen atoms in total. The smallest absolute Gasteiger partial charge is 0.0570 e. The fraction of sp³-hybridized carbons (Fsp3) is 1.00. The van der Waals surface area contributed by atoms with Gasteiger partial charge in [-0.05, 0) is 31.1 Å². The molecule has 3 atom stereocenters. The summed E-state index contributed by atoms with van der Waals surface area (Å²) in [6.07, 6.45) is 6.03. The molecule has 1 saturated carbocycles. The quantitative estimate of drug-likeness (QED) is 0.651. The molecule has 0 amide bonds. The first-order chi connectivity index (χ1) is 5.24. The standard InChI is InChI=1S/C10H20O/c1-3-4-9-6-5-8(2)7-10(9)11/h8-11H,3-7H2,1-2H3/t8-,9-,10+/m1/s1. The molecule has 0 aromatic carbocycles. The van der Waals surface area contributed by atoms with Crippen LogP contribution in [-0.2, 0) is 0 Å². The van der Waals surface area contributed by atoms with Crippen molar-refractivity contribution in [2.24, 2.45) is 11.8 Å². The minimum absolute atomic E-state index is 0.00120. The van der Waals surface area contributed by atoms with Crippen molar-refractivity contribution in [2.45, 2.75) is 52.1 Å². The molecule has 0 saturated heterocycles. The lowest BCUT2D eigenvalue weighted by atomic mass is 9.79. The van der Waals surface area contributed by atoms with E-state index in [2.05, 4.69) is 13.8 Å². The van der Waals surface area contributed by atoms with Gasteiger partial charge in [0.2, 0.25) is 0 Å². The van der Waals surface area contributed by atoms with Crippen LogP contribution in [0.1, 0.15) is 46.0 Å². The van der Waals surface area contributed by atoms with Crippen molar-refractivity contribution in [1.29, 1.82) is 0 Å². The average molecular weight is 156 g/mol. The lowest BCUT2D eigenvalue weighted by molar-refractivity contribution is 0.0444. The third kappa shape index (κ3) is 2.48. The van der Waals surface area contributed by atoms with Gasteiger partial charge in [0.25, 0.3) is 0 Å². The summed E-state index contributed by atoms with van der Waals surface area (Å²) in [5.41, 5.74) is 0. The van der Waals surface area contributed by atoms with E-state index in [1.54, 1.807) is 0 Å². The van der Waals surface area contributed by atoms with Gasteiger partial charge in [-0.3, -0.25) is 0 Å². The zero-order valence-corrected chi connectivity index (χ0v) is 7.71. The molecule has 0 radical (unpaired) electrons. The van der Waals surface area contributed by atoms with Crippen LogP contribution in [0.3, 0.4) is 0 Å². The first-order valence-corrected chi connectivity index (χ1v) is 4.92. The maximum absolute atomic E-state index is 9.67. The van der Waals surface area contributed by atoms with Gasteiger partial charge in [0.05, 0.1) is 6.10 Å². The van der Waals surface area contributed by atoms with Gasteiger partial charge in [0.1, 0.15) is 0 Å². The molecule has 11 heavy (non-hydrogen) atoms. The monoisotopic (exact) mass is 156 g/mol. The summed E-state index contributed by atoms with van der Waals surface area (Å²) >= 11 is 0. The van der Waals surface area contributed by atoms with E-state index in [1.807, 2.05) is 0 Å². The highest BCUT2D eigenvalue weighted by Gasteiger charge is 2.25. The molecule has 0 aliphatic heterocycles. The fourth-order valence-corrected chi connectivity index (χ4v) is 2.12. The van der Waals surface area contributed by atoms with Gasteiger partial charge in [-0.2, -0.15) is 0 Å².